The molecule has 1 aliphatic rings. The fourth-order valence-electron chi connectivity index (χ4n) is 3.14. The molecule has 0 bridgehead atoms. The summed E-state index contributed by atoms with van der Waals surface area (Å²) in [5, 5.41) is 7.70. The second-order valence-corrected chi connectivity index (χ2v) is 8.03. The molecule has 2 N–H and O–H groups in total. The molecule has 1 aromatic heterocycles. The van der Waals surface area contributed by atoms with Crippen molar-refractivity contribution in [2.75, 3.05) is 44.3 Å². The number of anilines is 1. The van der Waals surface area contributed by atoms with Crippen LogP contribution in [0.4, 0.5) is 10.1 Å². The van der Waals surface area contributed by atoms with Gasteiger partial charge in [-0.2, -0.15) is 0 Å². The molecule has 166 valence electrons. The molecule has 1 aliphatic heterocycles. The first-order valence-corrected chi connectivity index (χ1v) is 11.1. The minimum Gasteiger partial charge on any atom is -0.378 e. The lowest BCUT2D eigenvalue weighted by Crippen LogP contribution is -2.38. The number of morpholine rings is 1. The summed E-state index contributed by atoms with van der Waals surface area (Å²) < 4.78 is 19.9. The summed E-state index contributed by atoms with van der Waals surface area (Å²) >= 11 is 1.76. The van der Waals surface area contributed by atoms with Gasteiger partial charge in [0.2, 0.25) is 0 Å². The minimum atomic E-state index is -0.201. The van der Waals surface area contributed by atoms with E-state index >= 15 is 0 Å². The molecule has 0 saturated carbocycles. The zero-order chi connectivity index (χ0) is 20.5. The molecule has 3 rings (SSSR count). The zero-order valence-electron chi connectivity index (χ0n) is 17.6. The van der Waals surface area contributed by atoms with Gasteiger partial charge in [0, 0.05) is 43.7 Å². The number of guanidine groups is 1. The number of nitrogens with zero attached hydrogens (tertiary/aromatic N) is 3. The highest BCUT2D eigenvalue weighted by atomic mass is 127. The first-order valence-electron chi connectivity index (χ1n) is 10.3. The fourth-order valence-corrected chi connectivity index (χ4v) is 4.00. The van der Waals surface area contributed by atoms with Crippen molar-refractivity contribution in [3.8, 4) is 0 Å². The Bertz CT molecular complexity index is 810. The number of rotatable bonds is 8. The summed E-state index contributed by atoms with van der Waals surface area (Å²) in [6, 6.07) is 5.38. The largest absolute Gasteiger partial charge is 0.378 e. The molecule has 0 amide bonds. The Balaban J connectivity index is 0.00000320. The highest BCUT2D eigenvalue weighted by Crippen LogP contribution is 2.22. The van der Waals surface area contributed by atoms with E-state index in [-0.39, 0.29) is 29.8 Å². The lowest BCUT2D eigenvalue weighted by Gasteiger charge is -2.29. The second kappa shape index (κ2) is 13.1. The first kappa shape index (κ1) is 24.8. The smallest absolute Gasteiger partial charge is 0.191 e. The molecule has 0 unspecified atom stereocenters. The minimum absolute atomic E-state index is 0. The SMILES string of the molecule is CCNC(=NCc1ccc(N2CCOCC2)c(F)c1)NCCc1ncc(CC)s1.I. The van der Waals surface area contributed by atoms with E-state index in [1.54, 1.807) is 17.4 Å². The van der Waals surface area contributed by atoms with Crippen molar-refractivity contribution in [2.45, 2.75) is 33.2 Å². The maximum Gasteiger partial charge on any atom is 0.191 e. The standard InChI is InChI=1S/C21H30FN5OS.HI/c1-3-17-15-25-20(29-17)7-8-24-21(23-4-2)26-14-16-5-6-19(18(22)13-16)27-9-11-28-12-10-27;/h5-6,13,15H,3-4,7-12,14H2,1-2H3,(H2,23,24,26);1H. The van der Waals surface area contributed by atoms with Crippen LogP contribution in [0.25, 0.3) is 0 Å². The number of ether oxygens (including phenoxy) is 1. The average molecular weight is 547 g/mol. The number of aryl methyl sites for hydroxylation is 1. The van der Waals surface area contributed by atoms with Crippen molar-refractivity contribution >= 4 is 47.0 Å². The van der Waals surface area contributed by atoms with Crippen LogP contribution in [0.2, 0.25) is 0 Å². The molecule has 2 heterocycles. The van der Waals surface area contributed by atoms with Crippen LogP contribution in [0, 0.1) is 5.82 Å². The molecule has 1 fully saturated rings. The van der Waals surface area contributed by atoms with Gasteiger partial charge in [-0.1, -0.05) is 13.0 Å². The van der Waals surface area contributed by atoms with Crippen LogP contribution in [0.3, 0.4) is 0 Å². The summed E-state index contributed by atoms with van der Waals surface area (Å²) in [6.45, 7) is 8.86. The van der Waals surface area contributed by atoms with Crippen LogP contribution >= 0.6 is 35.3 Å². The van der Waals surface area contributed by atoms with Gasteiger partial charge in [0.05, 0.1) is 30.5 Å². The third-order valence-corrected chi connectivity index (χ3v) is 5.91. The highest BCUT2D eigenvalue weighted by molar-refractivity contribution is 14.0. The van der Waals surface area contributed by atoms with E-state index in [9.17, 15) is 4.39 Å². The third kappa shape index (κ3) is 7.35. The number of halogens is 2. The van der Waals surface area contributed by atoms with Crippen LogP contribution in [-0.2, 0) is 24.1 Å². The quantitative estimate of drug-likeness (QED) is 0.301. The van der Waals surface area contributed by atoms with Crippen LogP contribution < -0.4 is 15.5 Å². The number of thiazole rings is 1. The molecule has 1 saturated heterocycles. The molecule has 1 aromatic carbocycles. The molecule has 0 aliphatic carbocycles. The van der Waals surface area contributed by atoms with E-state index in [1.165, 1.54) is 4.88 Å². The Hall–Kier alpha value is -1.46. The number of hydrogen-bond acceptors (Lipinski definition) is 5. The predicted octanol–water partition coefficient (Wildman–Crippen LogP) is 3.60. The van der Waals surface area contributed by atoms with Gasteiger partial charge in [0.15, 0.2) is 5.96 Å². The Morgan fingerprint density at radius 3 is 2.73 bits per heavy atom. The predicted molar refractivity (Wildman–Crippen MR) is 133 cm³/mol. The van der Waals surface area contributed by atoms with Gasteiger partial charge in [0.1, 0.15) is 5.82 Å². The molecule has 30 heavy (non-hydrogen) atoms. The third-order valence-electron chi connectivity index (χ3n) is 4.71. The maximum atomic E-state index is 14.6. The lowest BCUT2D eigenvalue weighted by atomic mass is 10.1. The number of benzene rings is 1. The molecule has 0 radical (unpaired) electrons. The number of aliphatic imine (C=N–C) groups is 1. The first-order chi connectivity index (χ1) is 14.2. The normalized spacial score (nSPS) is 14.4. The fraction of sp³-hybridized carbons (Fsp3) is 0.524. The van der Waals surface area contributed by atoms with Gasteiger partial charge in [-0.25, -0.2) is 14.4 Å². The molecular formula is C21H31FIN5OS. The molecule has 0 atom stereocenters. The molecule has 9 heteroatoms. The van der Waals surface area contributed by atoms with Gasteiger partial charge in [0.25, 0.3) is 0 Å². The zero-order valence-corrected chi connectivity index (χ0v) is 20.8. The van der Waals surface area contributed by atoms with Crippen LogP contribution in [0.1, 0.15) is 29.3 Å². The highest BCUT2D eigenvalue weighted by Gasteiger charge is 2.15. The maximum absolute atomic E-state index is 14.6. The summed E-state index contributed by atoms with van der Waals surface area (Å²) in [4.78, 5) is 12.4. The van der Waals surface area contributed by atoms with Crippen molar-refractivity contribution in [1.29, 1.82) is 0 Å². The average Bonchev–Trinajstić information content (AvgIpc) is 3.21. The summed E-state index contributed by atoms with van der Waals surface area (Å²) in [5.74, 6) is 0.533. The monoisotopic (exact) mass is 547 g/mol. The van der Waals surface area contributed by atoms with Crippen LogP contribution in [0.5, 0.6) is 0 Å². The van der Waals surface area contributed by atoms with Gasteiger partial charge in [-0.15, -0.1) is 35.3 Å². The van der Waals surface area contributed by atoms with E-state index in [0.717, 1.165) is 55.6 Å². The van der Waals surface area contributed by atoms with Crippen molar-refractivity contribution in [3.63, 3.8) is 0 Å². The van der Waals surface area contributed by atoms with Crippen molar-refractivity contribution < 1.29 is 9.13 Å². The summed E-state index contributed by atoms with van der Waals surface area (Å²) in [5.41, 5.74) is 1.49. The van der Waals surface area contributed by atoms with Crippen molar-refractivity contribution in [3.05, 3.63) is 45.7 Å². The van der Waals surface area contributed by atoms with E-state index in [2.05, 4.69) is 27.5 Å². The topological polar surface area (TPSA) is 61.8 Å². The molecule has 2 aromatic rings. The van der Waals surface area contributed by atoms with E-state index in [1.807, 2.05) is 30.2 Å². The van der Waals surface area contributed by atoms with Gasteiger partial charge >= 0.3 is 0 Å². The Morgan fingerprint density at radius 2 is 2.07 bits per heavy atom. The second-order valence-electron chi connectivity index (χ2n) is 6.83. The van der Waals surface area contributed by atoms with Gasteiger partial charge < -0.3 is 20.3 Å². The number of aromatic nitrogens is 1. The molecule has 6 nitrogen and oxygen atoms in total. The van der Waals surface area contributed by atoms with Crippen LogP contribution in [-0.4, -0.2) is 50.3 Å². The summed E-state index contributed by atoms with van der Waals surface area (Å²) in [6.07, 6.45) is 3.84. The Labute approximate surface area is 199 Å². The molecule has 0 spiro atoms. The van der Waals surface area contributed by atoms with Crippen molar-refractivity contribution in [1.82, 2.24) is 15.6 Å². The molecular weight excluding hydrogens is 516 g/mol. The summed E-state index contributed by atoms with van der Waals surface area (Å²) in [7, 11) is 0. The Kier molecular flexibility index (Phi) is 10.8. The lowest BCUT2D eigenvalue weighted by molar-refractivity contribution is 0.122. The van der Waals surface area contributed by atoms with Gasteiger partial charge in [-0.05, 0) is 31.0 Å². The number of hydrogen-bond donors (Lipinski definition) is 2. The van der Waals surface area contributed by atoms with Crippen LogP contribution in [0.15, 0.2) is 29.4 Å². The van der Waals surface area contributed by atoms with E-state index in [0.29, 0.717) is 25.4 Å². The van der Waals surface area contributed by atoms with Gasteiger partial charge in [-0.3, -0.25) is 0 Å². The van der Waals surface area contributed by atoms with E-state index in [4.69, 9.17) is 4.74 Å². The number of nitrogens with one attached hydrogen (secondary N) is 2. The Morgan fingerprint density at radius 1 is 1.27 bits per heavy atom. The van der Waals surface area contributed by atoms with Crippen molar-refractivity contribution in [2.24, 2.45) is 4.99 Å². The van der Waals surface area contributed by atoms with E-state index < -0.39 is 0 Å².